The van der Waals surface area contributed by atoms with Gasteiger partial charge in [0.05, 0.1) is 18.7 Å². The zero-order valence-electron chi connectivity index (χ0n) is 14.1. The summed E-state index contributed by atoms with van der Waals surface area (Å²) in [7, 11) is 1.33. The van der Waals surface area contributed by atoms with E-state index in [1.165, 1.54) is 13.3 Å². The molecule has 1 aromatic heterocycles. The van der Waals surface area contributed by atoms with E-state index in [0.29, 0.717) is 5.56 Å². The van der Waals surface area contributed by atoms with E-state index in [1.807, 2.05) is 0 Å². The predicted molar refractivity (Wildman–Crippen MR) is 94.7 cm³/mol. The monoisotopic (exact) mass is 357 g/mol. The van der Waals surface area contributed by atoms with Crippen molar-refractivity contribution in [2.45, 2.75) is 18.8 Å². The molecule has 1 aromatic carbocycles. The molecule has 3 N–H and O–H groups in total. The van der Waals surface area contributed by atoms with Crippen LogP contribution in [0.5, 0.6) is 0 Å². The Morgan fingerprint density at radius 2 is 2.12 bits per heavy atom. The summed E-state index contributed by atoms with van der Waals surface area (Å²) in [6, 6.07) is 8.41. The molecule has 26 heavy (non-hydrogen) atoms. The Balaban J connectivity index is 2.25. The molecule has 2 atom stereocenters. The summed E-state index contributed by atoms with van der Waals surface area (Å²) in [5.41, 5.74) is -0.138. The number of aromatic nitrogens is 2. The van der Waals surface area contributed by atoms with Gasteiger partial charge in [-0.15, -0.1) is 6.42 Å². The van der Waals surface area contributed by atoms with Crippen LogP contribution in [0, 0.1) is 12.3 Å². The first kappa shape index (κ1) is 19.3. The third kappa shape index (κ3) is 4.55. The van der Waals surface area contributed by atoms with E-state index >= 15 is 0 Å². The molecule has 136 valence electrons. The summed E-state index contributed by atoms with van der Waals surface area (Å²) in [6.45, 7) is -0.584. The smallest absolute Gasteiger partial charge is 0.349 e. The molecule has 8 nitrogen and oxygen atoms in total. The molecule has 0 radical (unpaired) electrons. The third-order valence-electron chi connectivity index (χ3n) is 3.71. The molecule has 8 heteroatoms. The lowest BCUT2D eigenvalue weighted by atomic mass is 10.2. The molecular weight excluding hydrogens is 338 g/mol. The standard InChI is InChI=1S/C18H19N3O5/c1-3-12-9-21(10-14(23)15(11-22)26-2)18(25)20-16(12)19-17(24)13-7-5-4-6-8-13/h1,4-9,14-15,22-23H,10-11H2,2H3,(H,19,20,24,25). The van der Waals surface area contributed by atoms with Crippen LogP contribution in [-0.4, -0.2) is 51.6 Å². The number of hydrogen-bond acceptors (Lipinski definition) is 6. The minimum atomic E-state index is -1.14. The summed E-state index contributed by atoms with van der Waals surface area (Å²) in [6.07, 6.45) is 4.76. The Morgan fingerprint density at radius 3 is 2.69 bits per heavy atom. The number of ether oxygens (including phenoxy) is 1. The normalized spacial score (nSPS) is 12.8. The topological polar surface area (TPSA) is 114 Å². The van der Waals surface area contributed by atoms with Crippen LogP contribution in [0.25, 0.3) is 0 Å². The maximum atomic E-state index is 12.2. The van der Waals surface area contributed by atoms with Crippen LogP contribution in [0.1, 0.15) is 15.9 Å². The van der Waals surface area contributed by atoms with E-state index in [9.17, 15) is 14.7 Å². The van der Waals surface area contributed by atoms with Crippen LogP contribution in [0.3, 0.4) is 0 Å². The summed E-state index contributed by atoms with van der Waals surface area (Å²) < 4.78 is 6.02. The molecule has 0 aliphatic heterocycles. The molecule has 2 unspecified atom stereocenters. The largest absolute Gasteiger partial charge is 0.394 e. The molecule has 0 aliphatic carbocycles. The lowest BCUT2D eigenvalue weighted by Crippen LogP contribution is -2.38. The molecule has 0 fully saturated rings. The van der Waals surface area contributed by atoms with Gasteiger partial charge in [-0.1, -0.05) is 24.1 Å². The average molecular weight is 357 g/mol. The van der Waals surface area contributed by atoms with Crippen molar-refractivity contribution in [1.82, 2.24) is 9.55 Å². The number of terminal acetylenes is 1. The highest BCUT2D eigenvalue weighted by molar-refractivity contribution is 6.04. The first-order chi connectivity index (χ1) is 12.5. The molecular formula is C18H19N3O5. The van der Waals surface area contributed by atoms with Crippen molar-refractivity contribution in [3.8, 4) is 12.3 Å². The molecule has 0 spiro atoms. The quantitative estimate of drug-likeness (QED) is 0.594. The fraction of sp³-hybridized carbons (Fsp3) is 0.278. The highest BCUT2D eigenvalue weighted by Crippen LogP contribution is 2.11. The van der Waals surface area contributed by atoms with Crippen molar-refractivity contribution in [1.29, 1.82) is 0 Å². The summed E-state index contributed by atoms with van der Waals surface area (Å²) >= 11 is 0. The van der Waals surface area contributed by atoms with E-state index < -0.39 is 30.4 Å². The predicted octanol–water partition coefficient (Wildman–Crippen LogP) is -0.155. The molecule has 1 amide bonds. The van der Waals surface area contributed by atoms with E-state index in [2.05, 4.69) is 16.2 Å². The van der Waals surface area contributed by atoms with E-state index in [4.69, 9.17) is 16.3 Å². The van der Waals surface area contributed by atoms with Crippen molar-refractivity contribution >= 4 is 11.7 Å². The van der Waals surface area contributed by atoms with E-state index in [0.717, 1.165) is 4.57 Å². The maximum Gasteiger partial charge on any atom is 0.349 e. The lowest BCUT2D eigenvalue weighted by molar-refractivity contribution is -0.0475. The van der Waals surface area contributed by atoms with Gasteiger partial charge in [-0.3, -0.25) is 9.36 Å². The van der Waals surface area contributed by atoms with Crippen molar-refractivity contribution in [2.24, 2.45) is 0 Å². The number of carbonyl (C=O) groups excluding carboxylic acids is 1. The van der Waals surface area contributed by atoms with Crippen LogP contribution >= 0.6 is 0 Å². The number of carbonyl (C=O) groups is 1. The van der Waals surface area contributed by atoms with Gasteiger partial charge in [0.2, 0.25) is 0 Å². The molecule has 0 saturated carbocycles. The van der Waals surface area contributed by atoms with Crippen LogP contribution in [0.15, 0.2) is 41.3 Å². The minimum Gasteiger partial charge on any atom is -0.394 e. The average Bonchev–Trinajstić information content (AvgIpc) is 2.65. The van der Waals surface area contributed by atoms with Crippen LogP contribution in [0.4, 0.5) is 5.82 Å². The maximum absolute atomic E-state index is 12.2. The van der Waals surface area contributed by atoms with Crippen molar-refractivity contribution in [3.05, 3.63) is 58.1 Å². The first-order valence-electron chi connectivity index (χ1n) is 7.76. The molecule has 2 aromatic rings. The third-order valence-corrected chi connectivity index (χ3v) is 3.71. The summed E-state index contributed by atoms with van der Waals surface area (Å²) in [5.74, 6) is 1.86. The minimum absolute atomic E-state index is 0.0393. The Labute approximate surface area is 150 Å². The summed E-state index contributed by atoms with van der Waals surface area (Å²) in [5, 5.41) is 21.7. The van der Waals surface area contributed by atoms with Gasteiger partial charge in [-0.05, 0) is 12.1 Å². The van der Waals surface area contributed by atoms with Gasteiger partial charge in [-0.25, -0.2) is 4.79 Å². The lowest BCUT2D eigenvalue weighted by Gasteiger charge is -2.20. The van der Waals surface area contributed by atoms with Gasteiger partial charge in [-0.2, -0.15) is 4.98 Å². The van der Waals surface area contributed by atoms with Crippen molar-refractivity contribution in [3.63, 3.8) is 0 Å². The zero-order chi connectivity index (χ0) is 19.1. The number of methoxy groups -OCH3 is 1. The number of rotatable bonds is 7. The second-order valence-electron chi connectivity index (χ2n) is 5.43. The number of aliphatic hydroxyl groups is 2. The Hall–Kier alpha value is -2.99. The number of nitrogens with zero attached hydrogens (tertiary/aromatic N) is 2. The van der Waals surface area contributed by atoms with Crippen LogP contribution < -0.4 is 11.0 Å². The Bertz CT molecular complexity index is 853. The molecule has 2 rings (SSSR count). The number of benzene rings is 1. The van der Waals surface area contributed by atoms with Gasteiger partial charge < -0.3 is 20.3 Å². The van der Waals surface area contributed by atoms with Crippen molar-refractivity contribution < 1.29 is 19.7 Å². The van der Waals surface area contributed by atoms with Crippen LogP contribution in [0.2, 0.25) is 0 Å². The highest BCUT2D eigenvalue weighted by atomic mass is 16.5. The second kappa shape index (κ2) is 8.92. The van der Waals surface area contributed by atoms with E-state index in [-0.39, 0.29) is 17.9 Å². The van der Waals surface area contributed by atoms with Gasteiger partial charge in [0.1, 0.15) is 12.2 Å². The molecule has 0 aliphatic rings. The van der Waals surface area contributed by atoms with Gasteiger partial charge >= 0.3 is 5.69 Å². The molecule has 0 saturated heterocycles. The molecule has 1 heterocycles. The van der Waals surface area contributed by atoms with Gasteiger partial charge in [0, 0.05) is 18.9 Å². The fourth-order valence-electron chi connectivity index (χ4n) is 2.27. The van der Waals surface area contributed by atoms with Crippen LogP contribution in [-0.2, 0) is 11.3 Å². The first-order valence-corrected chi connectivity index (χ1v) is 7.76. The van der Waals surface area contributed by atoms with Gasteiger partial charge in [0.15, 0.2) is 5.82 Å². The second-order valence-corrected chi connectivity index (χ2v) is 5.43. The van der Waals surface area contributed by atoms with Gasteiger partial charge in [0.25, 0.3) is 5.91 Å². The zero-order valence-corrected chi connectivity index (χ0v) is 14.1. The summed E-state index contributed by atoms with van der Waals surface area (Å²) in [4.78, 5) is 28.2. The Kier molecular flexibility index (Phi) is 6.63. The number of amides is 1. The number of anilines is 1. The van der Waals surface area contributed by atoms with Crippen molar-refractivity contribution in [2.75, 3.05) is 19.0 Å². The SMILES string of the molecule is C#Cc1cn(CC(O)C(CO)OC)c(=O)nc1NC(=O)c1ccccc1. The number of hydrogen-bond donors (Lipinski definition) is 3. The Morgan fingerprint density at radius 1 is 1.42 bits per heavy atom. The van der Waals surface area contributed by atoms with E-state index in [1.54, 1.807) is 30.3 Å². The molecule has 0 bridgehead atoms. The fourth-order valence-corrected chi connectivity index (χ4v) is 2.27. The number of nitrogens with one attached hydrogen (secondary N) is 1. The highest BCUT2D eigenvalue weighted by Gasteiger charge is 2.20. The number of aliphatic hydroxyl groups excluding tert-OH is 2.